The van der Waals surface area contributed by atoms with E-state index in [1.165, 1.54) is 25.1 Å². The second-order valence-corrected chi connectivity index (χ2v) is 7.07. The van der Waals surface area contributed by atoms with Crippen molar-refractivity contribution in [1.29, 1.82) is 0 Å². The topological polar surface area (TPSA) is 32.5 Å². The average Bonchev–Trinajstić information content (AvgIpc) is 2.39. The Hall–Kier alpha value is -0.650. The number of nitrogens with two attached hydrogens (primary N) is 1. The largest absolute Gasteiger partial charge is 0.389 e. The van der Waals surface area contributed by atoms with Crippen LogP contribution in [-0.4, -0.2) is 43.6 Å². The van der Waals surface area contributed by atoms with Gasteiger partial charge in [-0.2, -0.15) is 0 Å². The molecule has 1 fully saturated rings. The molecule has 0 spiro atoms. The first-order chi connectivity index (χ1) is 9.47. The van der Waals surface area contributed by atoms with E-state index >= 15 is 0 Å². The Bertz CT molecular complexity index is 482. The Labute approximate surface area is 135 Å². The molecule has 110 valence electrons. The first kappa shape index (κ1) is 15.7. The maximum absolute atomic E-state index is 5.86. The third-order valence-corrected chi connectivity index (χ3v) is 4.52. The summed E-state index contributed by atoms with van der Waals surface area (Å²) < 4.78 is 1.02. The summed E-state index contributed by atoms with van der Waals surface area (Å²) in [6, 6.07) is 6.19. The number of piperidine rings is 1. The van der Waals surface area contributed by atoms with E-state index in [-0.39, 0.29) is 0 Å². The van der Waals surface area contributed by atoms with Crippen LogP contribution >= 0.6 is 28.1 Å². The zero-order chi connectivity index (χ0) is 14.7. The molecule has 2 N–H and O–H groups in total. The lowest BCUT2D eigenvalue weighted by atomic mass is 9.95. The molecule has 0 aromatic heterocycles. The SMILES string of the molecule is CN(C)CC1CCN(c2ccc(Br)cc2C(N)=S)CC1. The third kappa shape index (κ3) is 3.93. The summed E-state index contributed by atoms with van der Waals surface area (Å²) in [5.41, 5.74) is 8.00. The maximum atomic E-state index is 5.86. The Kier molecular flexibility index (Phi) is 5.41. The van der Waals surface area contributed by atoms with Crippen LogP contribution in [0.25, 0.3) is 0 Å². The minimum absolute atomic E-state index is 0.469. The minimum atomic E-state index is 0.469. The Morgan fingerprint density at radius 3 is 2.60 bits per heavy atom. The van der Waals surface area contributed by atoms with Gasteiger partial charge >= 0.3 is 0 Å². The molecule has 0 saturated carbocycles. The van der Waals surface area contributed by atoms with Gasteiger partial charge in [-0.1, -0.05) is 28.1 Å². The molecule has 0 aliphatic carbocycles. The average molecular weight is 356 g/mol. The quantitative estimate of drug-likeness (QED) is 0.841. The van der Waals surface area contributed by atoms with Crippen LogP contribution in [0.2, 0.25) is 0 Å². The molecule has 0 amide bonds. The second kappa shape index (κ2) is 6.87. The smallest absolute Gasteiger partial charge is 0.106 e. The van der Waals surface area contributed by atoms with Gasteiger partial charge in [-0.3, -0.25) is 0 Å². The number of halogens is 1. The van der Waals surface area contributed by atoms with Gasteiger partial charge in [-0.05, 0) is 51.1 Å². The van der Waals surface area contributed by atoms with Gasteiger partial charge in [0.1, 0.15) is 4.99 Å². The molecule has 1 aliphatic rings. The fourth-order valence-electron chi connectivity index (χ4n) is 2.85. The van der Waals surface area contributed by atoms with Crippen LogP contribution < -0.4 is 10.6 Å². The van der Waals surface area contributed by atoms with Crippen molar-refractivity contribution in [2.45, 2.75) is 12.8 Å². The van der Waals surface area contributed by atoms with Gasteiger partial charge in [0.2, 0.25) is 0 Å². The molecule has 0 radical (unpaired) electrons. The van der Waals surface area contributed by atoms with Crippen LogP contribution in [0, 0.1) is 5.92 Å². The molecule has 1 saturated heterocycles. The lowest BCUT2D eigenvalue weighted by molar-refractivity contribution is 0.285. The highest BCUT2D eigenvalue weighted by molar-refractivity contribution is 9.10. The number of benzene rings is 1. The molecular weight excluding hydrogens is 334 g/mol. The van der Waals surface area contributed by atoms with E-state index in [4.69, 9.17) is 18.0 Å². The molecule has 2 rings (SSSR count). The van der Waals surface area contributed by atoms with Crippen molar-refractivity contribution in [3.05, 3.63) is 28.2 Å². The molecule has 3 nitrogen and oxygen atoms in total. The summed E-state index contributed by atoms with van der Waals surface area (Å²) in [4.78, 5) is 5.16. The molecule has 1 aliphatic heterocycles. The summed E-state index contributed by atoms with van der Waals surface area (Å²) in [7, 11) is 4.29. The second-order valence-electron chi connectivity index (χ2n) is 5.72. The van der Waals surface area contributed by atoms with Crippen LogP contribution in [0.4, 0.5) is 5.69 Å². The van der Waals surface area contributed by atoms with Gasteiger partial charge in [0.15, 0.2) is 0 Å². The maximum Gasteiger partial charge on any atom is 0.106 e. The molecule has 0 unspecified atom stereocenters. The Morgan fingerprint density at radius 1 is 1.40 bits per heavy atom. The Balaban J connectivity index is 2.09. The molecule has 1 heterocycles. The number of nitrogens with zero attached hydrogens (tertiary/aromatic N) is 2. The van der Waals surface area contributed by atoms with E-state index in [2.05, 4.69) is 52.0 Å². The van der Waals surface area contributed by atoms with Gasteiger partial charge in [0, 0.05) is 35.4 Å². The molecular formula is C15H22BrN3S. The van der Waals surface area contributed by atoms with Gasteiger partial charge in [0.05, 0.1) is 0 Å². The van der Waals surface area contributed by atoms with E-state index in [0.29, 0.717) is 4.99 Å². The van der Waals surface area contributed by atoms with Crippen LogP contribution in [0.1, 0.15) is 18.4 Å². The minimum Gasteiger partial charge on any atom is -0.389 e. The van der Waals surface area contributed by atoms with Crippen LogP contribution in [0.3, 0.4) is 0 Å². The van der Waals surface area contributed by atoms with Gasteiger partial charge in [-0.25, -0.2) is 0 Å². The number of rotatable bonds is 4. The lowest BCUT2D eigenvalue weighted by Gasteiger charge is -2.35. The van der Waals surface area contributed by atoms with Crippen molar-refractivity contribution in [2.24, 2.45) is 11.7 Å². The summed E-state index contributed by atoms with van der Waals surface area (Å²) in [6.07, 6.45) is 2.45. The van der Waals surface area contributed by atoms with Crippen molar-refractivity contribution in [3.63, 3.8) is 0 Å². The number of thiocarbonyl (C=S) groups is 1. The fourth-order valence-corrected chi connectivity index (χ4v) is 3.38. The first-order valence-electron chi connectivity index (χ1n) is 6.96. The van der Waals surface area contributed by atoms with Gasteiger partial charge in [-0.15, -0.1) is 0 Å². The predicted molar refractivity (Wildman–Crippen MR) is 93.5 cm³/mol. The monoisotopic (exact) mass is 355 g/mol. The fraction of sp³-hybridized carbons (Fsp3) is 0.533. The summed E-state index contributed by atoms with van der Waals surface area (Å²) >= 11 is 8.67. The number of anilines is 1. The molecule has 1 aromatic carbocycles. The summed E-state index contributed by atoms with van der Waals surface area (Å²) in [5.74, 6) is 0.796. The normalized spacial score (nSPS) is 16.7. The number of hydrogen-bond acceptors (Lipinski definition) is 3. The van der Waals surface area contributed by atoms with Crippen molar-refractivity contribution in [2.75, 3.05) is 38.6 Å². The standard InChI is InChI=1S/C15H22BrN3S/c1-18(2)10-11-5-7-19(8-6-11)14-4-3-12(16)9-13(14)15(17)20/h3-4,9,11H,5-8,10H2,1-2H3,(H2,17,20). The van der Waals surface area contributed by atoms with E-state index in [1.54, 1.807) is 0 Å². The molecule has 5 heteroatoms. The van der Waals surface area contributed by atoms with Crippen molar-refractivity contribution in [3.8, 4) is 0 Å². The lowest BCUT2D eigenvalue weighted by Crippen LogP contribution is -2.38. The van der Waals surface area contributed by atoms with E-state index in [9.17, 15) is 0 Å². The van der Waals surface area contributed by atoms with E-state index in [0.717, 1.165) is 29.0 Å². The van der Waals surface area contributed by atoms with Crippen molar-refractivity contribution < 1.29 is 0 Å². The highest BCUT2D eigenvalue weighted by Crippen LogP contribution is 2.28. The zero-order valence-electron chi connectivity index (χ0n) is 12.1. The van der Waals surface area contributed by atoms with Crippen LogP contribution in [0.15, 0.2) is 22.7 Å². The van der Waals surface area contributed by atoms with E-state index < -0.39 is 0 Å². The van der Waals surface area contributed by atoms with E-state index in [1.807, 2.05) is 6.07 Å². The van der Waals surface area contributed by atoms with Crippen molar-refractivity contribution in [1.82, 2.24) is 4.90 Å². The third-order valence-electron chi connectivity index (χ3n) is 3.80. The van der Waals surface area contributed by atoms with Crippen LogP contribution in [-0.2, 0) is 0 Å². The summed E-state index contributed by atoms with van der Waals surface area (Å²) in [6.45, 7) is 3.34. The van der Waals surface area contributed by atoms with Crippen LogP contribution in [0.5, 0.6) is 0 Å². The predicted octanol–water partition coefficient (Wildman–Crippen LogP) is 2.86. The first-order valence-corrected chi connectivity index (χ1v) is 8.16. The van der Waals surface area contributed by atoms with Crippen molar-refractivity contribution >= 4 is 38.8 Å². The number of hydrogen-bond donors (Lipinski definition) is 1. The molecule has 0 bridgehead atoms. The zero-order valence-corrected chi connectivity index (χ0v) is 14.5. The van der Waals surface area contributed by atoms with Gasteiger partial charge in [0.25, 0.3) is 0 Å². The summed E-state index contributed by atoms with van der Waals surface area (Å²) in [5, 5.41) is 0. The highest BCUT2D eigenvalue weighted by Gasteiger charge is 2.22. The molecule has 1 aromatic rings. The Morgan fingerprint density at radius 2 is 2.05 bits per heavy atom. The molecule has 20 heavy (non-hydrogen) atoms. The van der Waals surface area contributed by atoms with Gasteiger partial charge < -0.3 is 15.5 Å². The highest BCUT2D eigenvalue weighted by atomic mass is 79.9. The molecule has 0 atom stereocenters.